The third kappa shape index (κ3) is 28.0. The van der Waals surface area contributed by atoms with E-state index in [9.17, 15) is 19.4 Å². The predicted molar refractivity (Wildman–Crippen MR) is 168 cm³/mol. The Balaban J connectivity index is 3.57. The molecular weight excluding hydrogens is 561 g/mol. The van der Waals surface area contributed by atoms with E-state index in [0.717, 1.165) is 19.3 Å². The number of aliphatic hydroxyl groups is 1. The molecule has 0 fully saturated rings. The number of methoxy groups -OCH3 is 1. The van der Waals surface area contributed by atoms with Gasteiger partial charge in [-0.1, -0.05) is 109 Å². The van der Waals surface area contributed by atoms with Crippen molar-refractivity contribution in [2.45, 2.75) is 147 Å². The van der Waals surface area contributed by atoms with E-state index in [-0.39, 0.29) is 12.7 Å². The zero-order chi connectivity index (χ0) is 31.3. The van der Waals surface area contributed by atoms with E-state index in [1.165, 1.54) is 103 Å². The fourth-order valence-corrected chi connectivity index (χ4v) is 5.23. The topological polar surface area (TPSA) is 158 Å². The normalized spacial score (nSPS) is 15.5. The van der Waals surface area contributed by atoms with Crippen LogP contribution >= 0.6 is 7.82 Å². The van der Waals surface area contributed by atoms with Gasteiger partial charge < -0.3 is 30.3 Å². The minimum atomic E-state index is -4.53. The largest absolute Gasteiger partial charge is 0.480 e. The van der Waals surface area contributed by atoms with E-state index in [2.05, 4.69) is 28.1 Å². The number of carboxylic acids is 1. The molecule has 0 radical (unpaired) electrons. The lowest BCUT2D eigenvalue weighted by Gasteiger charge is -2.18. The second-order valence-electron chi connectivity index (χ2n) is 11.2. The number of aliphatic carboxylic acids is 1. The van der Waals surface area contributed by atoms with E-state index in [0.29, 0.717) is 6.61 Å². The number of phosphoric ester groups is 1. The van der Waals surface area contributed by atoms with Gasteiger partial charge in [-0.3, -0.25) is 13.8 Å². The number of ether oxygens (including phenoxy) is 2. The quantitative estimate of drug-likeness (QED) is 0.0352. The second kappa shape index (κ2) is 28.9. The van der Waals surface area contributed by atoms with Crippen molar-refractivity contribution in [3.8, 4) is 0 Å². The minimum Gasteiger partial charge on any atom is -0.480 e. The Labute approximate surface area is 255 Å². The van der Waals surface area contributed by atoms with Gasteiger partial charge in [0.05, 0.1) is 32.5 Å². The van der Waals surface area contributed by atoms with Crippen LogP contribution in [-0.4, -0.2) is 72.9 Å². The van der Waals surface area contributed by atoms with Crippen molar-refractivity contribution in [3.05, 3.63) is 12.2 Å². The van der Waals surface area contributed by atoms with Crippen molar-refractivity contribution in [1.82, 2.24) is 0 Å². The number of rotatable bonds is 32. The number of unbranched alkanes of at least 4 members (excludes halogenated alkanes) is 16. The Morgan fingerprint density at radius 1 is 0.762 bits per heavy atom. The third-order valence-electron chi connectivity index (χ3n) is 7.15. The van der Waals surface area contributed by atoms with Crippen molar-refractivity contribution in [2.24, 2.45) is 5.73 Å². The molecule has 0 aliphatic carbocycles. The summed E-state index contributed by atoms with van der Waals surface area (Å²) in [6, 6.07) is -1.45. The van der Waals surface area contributed by atoms with Crippen LogP contribution in [0, 0.1) is 0 Å². The summed E-state index contributed by atoms with van der Waals surface area (Å²) in [4.78, 5) is 20.1. The summed E-state index contributed by atoms with van der Waals surface area (Å²) in [6.07, 6.45) is 27.7. The predicted octanol–water partition coefficient (Wildman–Crippen LogP) is 6.91. The molecule has 0 rings (SSSR count). The number of phosphoric acid groups is 1. The Hall–Kier alpha value is -0.840. The van der Waals surface area contributed by atoms with Crippen LogP contribution in [0.3, 0.4) is 0 Å². The van der Waals surface area contributed by atoms with Crippen LogP contribution in [0.15, 0.2) is 12.2 Å². The maximum Gasteiger partial charge on any atom is 0.472 e. The van der Waals surface area contributed by atoms with Crippen molar-refractivity contribution < 1.29 is 43.0 Å². The number of nitrogens with two attached hydrogens (primary N) is 1. The lowest BCUT2D eigenvalue weighted by Crippen LogP contribution is -2.34. The molecule has 0 aliphatic rings. The molecule has 0 aromatic heterocycles. The summed E-state index contributed by atoms with van der Waals surface area (Å²) in [7, 11) is -2.90. The summed E-state index contributed by atoms with van der Waals surface area (Å²) in [5, 5.41) is 18.6. The molecule has 0 aliphatic heterocycles. The average Bonchev–Trinajstić information content (AvgIpc) is 2.96. The lowest BCUT2D eigenvalue weighted by atomic mass is 10.0. The average molecular weight is 624 g/mol. The zero-order valence-corrected chi connectivity index (χ0v) is 27.4. The molecule has 0 saturated heterocycles. The number of carboxylic acid groups (broad SMARTS) is 1. The van der Waals surface area contributed by atoms with E-state index >= 15 is 0 Å². The molecule has 2 unspecified atom stereocenters. The molecule has 0 spiro atoms. The summed E-state index contributed by atoms with van der Waals surface area (Å²) in [6.45, 7) is 1.25. The maximum atomic E-state index is 11.7. The highest BCUT2D eigenvalue weighted by Crippen LogP contribution is 2.43. The summed E-state index contributed by atoms with van der Waals surface area (Å²) in [5.74, 6) is -1.37. The Bertz CT molecular complexity index is 695. The van der Waals surface area contributed by atoms with Gasteiger partial charge in [-0.25, -0.2) is 4.57 Å². The SMILES string of the molecule is CCCCCC/C=C\CCCCCCCCCCCCCCC(COC[C@@H](O)COP(=O)(O)OC[C@H](N)C(=O)O)OC. The van der Waals surface area contributed by atoms with Crippen molar-refractivity contribution in [3.63, 3.8) is 0 Å². The molecule has 42 heavy (non-hydrogen) atoms. The van der Waals surface area contributed by atoms with Gasteiger partial charge in [-0.15, -0.1) is 0 Å². The Kier molecular flexibility index (Phi) is 28.3. The first-order chi connectivity index (χ1) is 20.2. The molecule has 0 aromatic carbocycles. The van der Waals surface area contributed by atoms with Gasteiger partial charge in [-0.05, 0) is 32.1 Å². The highest BCUT2D eigenvalue weighted by Gasteiger charge is 2.25. The molecule has 5 N–H and O–H groups in total. The molecule has 10 nitrogen and oxygen atoms in total. The van der Waals surface area contributed by atoms with Gasteiger partial charge in [0.1, 0.15) is 12.1 Å². The summed E-state index contributed by atoms with van der Waals surface area (Å²) >= 11 is 0. The van der Waals surface area contributed by atoms with Crippen molar-refractivity contribution in [1.29, 1.82) is 0 Å². The van der Waals surface area contributed by atoms with Crippen LogP contribution in [0.1, 0.15) is 129 Å². The Morgan fingerprint density at radius 3 is 1.74 bits per heavy atom. The first kappa shape index (κ1) is 41.2. The second-order valence-corrected chi connectivity index (χ2v) is 12.6. The first-order valence-electron chi connectivity index (χ1n) is 16.3. The number of allylic oxidation sites excluding steroid dienone is 2. The first-order valence-corrected chi connectivity index (χ1v) is 17.7. The van der Waals surface area contributed by atoms with Crippen LogP contribution < -0.4 is 5.73 Å². The van der Waals surface area contributed by atoms with Gasteiger partial charge in [0, 0.05) is 7.11 Å². The molecule has 0 aromatic rings. The molecule has 0 heterocycles. The number of hydrogen-bond donors (Lipinski definition) is 4. The fraction of sp³-hybridized carbons (Fsp3) is 0.903. The van der Waals surface area contributed by atoms with E-state index in [1.807, 2.05) is 0 Å². The van der Waals surface area contributed by atoms with Crippen molar-refractivity contribution in [2.75, 3.05) is 33.5 Å². The minimum absolute atomic E-state index is 0.0885. The fourth-order valence-electron chi connectivity index (χ4n) is 4.44. The highest BCUT2D eigenvalue weighted by molar-refractivity contribution is 7.47. The molecule has 11 heteroatoms. The van der Waals surface area contributed by atoms with E-state index < -0.39 is 39.2 Å². The van der Waals surface area contributed by atoms with E-state index in [4.69, 9.17) is 20.3 Å². The zero-order valence-electron chi connectivity index (χ0n) is 26.5. The van der Waals surface area contributed by atoms with Gasteiger partial charge in [0.2, 0.25) is 0 Å². The maximum absolute atomic E-state index is 11.7. The Morgan fingerprint density at radius 2 is 1.24 bits per heavy atom. The molecule has 0 saturated carbocycles. The molecule has 0 amide bonds. The van der Waals surface area contributed by atoms with Crippen LogP contribution in [0.4, 0.5) is 0 Å². The smallest absolute Gasteiger partial charge is 0.472 e. The summed E-state index contributed by atoms with van der Waals surface area (Å²) < 4.78 is 31.8. The van der Waals surface area contributed by atoms with Gasteiger partial charge in [0.25, 0.3) is 0 Å². The highest BCUT2D eigenvalue weighted by atomic mass is 31.2. The third-order valence-corrected chi connectivity index (χ3v) is 8.10. The van der Waals surface area contributed by atoms with Crippen molar-refractivity contribution >= 4 is 13.8 Å². The number of carbonyl (C=O) groups is 1. The monoisotopic (exact) mass is 623 g/mol. The molecule has 0 bridgehead atoms. The van der Waals surface area contributed by atoms with Crippen LogP contribution in [0.5, 0.6) is 0 Å². The molecular formula is C31H62NO9P. The van der Waals surface area contributed by atoms with Gasteiger partial charge in [0.15, 0.2) is 0 Å². The lowest BCUT2D eigenvalue weighted by molar-refractivity contribution is -0.139. The van der Waals surface area contributed by atoms with Crippen LogP contribution in [-0.2, 0) is 27.9 Å². The van der Waals surface area contributed by atoms with Crippen LogP contribution in [0.2, 0.25) is 0 Å². The van der Waals surface area contributed by atoms with Crippen LogP contribution in [0.25, 0.3) is 0 Å². The number of hydrogen-bond acceptors (Lipinski definition) is 8. The van der Waals surface area contributed by atoms with Gasteiger partial charge in [-0.2, -0.15) is 0 Å². The standard InChI is InChI=1S/C31H62NO9P/c1-3-4-5-6-7-8-9-10-11-12-13-14-15-16-17-18-19-20-21-22-23-29(38-2)26-39-24-28(33)25-40-42(36,37)41-27-30(32)31(34)35/h8-9,28-30,33H,3-7,10-27,32H2,1-2H3,(H,34,35)(H,36,37)/b9-8-/t28-,29?,30+/m1/s1. The van der Waals surface area contributed by atoms with E-state index in [1.54, 1.807) is 7.11 Å². The summed E-state index contributed by atoms with van der Waals surface area (Å²) in [5.41, 5.74) is 5.21. The molecule has 4 atom stereocenters. The van der Waals surface area contributed by atoms with Gasteiger partial charge >= 0.3 is 13.8 Å². The number of aliphatic hydroxyl groups excluding tert-OH is 1. The molecule has 250 valence electrons.